The van der Waals surface area contributed by atoms with E-state index in [1.165, 1.54) is 51.2 Å². The van der Waals surface area contributed by atoms with Gasteiger partial charge in [-0.25, -0.2) is 4.79 Å². The van der Waals surface area contributed by atoms with Crippen LogP contribution in [0.1, 0.15) is 54.4 Å². The summed E-state index contributed by atoms with van der Waals surface area (Å²) in [5.74, 6) is 3.03. The SMILES string of the molecule is COCCOCOc1ccc(C(=O)OC)cc1C12CC3CC(CC(C3)C1)C2. The summed E-state index contributed by atoms with van der Waals surface area (Å²) in [7, 11) is 3.09. The molecule has 0 saturated heterocycles. The van der Waals surface area contributed by atoms with E-state index < -0.39 is 0 Å². The largest absolute Gasteiger partial charge is 0.467 e. The van der Waals surface area contributed by atoms with Gasteiger partial charge >= 0.3 is 5.97 Å². The number of carbonyl (C=O) groups is 1. The molecule has 4 aliphatic rings. The van der Waals surface area contributed by atoms with E-state index in [4.69, 9.17) is 18.9 Å². The Morgan fingerprint density at radius 3 is 2.30 bits per heavy atom. The molecule has 0 aliphatic heterocycles. The van der Waals surface area contributed by atoms with Gasteiger partial charge in [-0.3, -0.25) is 0 Å². The van der Waals surface area contributed by atoms with Crippen molar-refractivity contribution in [1.82, 2.24) is 0 Å². The van der Waals surface area contributed by atoms with Crippen LogP contribution in [0.15, 0.2) is 18.2 Å². The summed E-state index contributed by atoms with van der Waals surface area (Å²) >= 11 is 0. The number of rotatable bonds is 8. The van der Waals surface area contributed by atoms with Crippen LogP contribution in [0.4, 0.5) is 0 Å². The molecule has 148 valence electrons. The third-order valence-corrected chi connectivity index (χ3v) is 6.74. The Morgan fingerprint density at radius 1 is 1.04 bits per heavy atom. The molecule has 5 nitrogen and oxygen atoms in total. The van der Waals surface area contributed by atoms with Crippen molar-refractivity contribution in [1.29, 1.82) is 0 Å². The van der Waals surface area contributed by atoms with E-state index >= 15 is 0 Å². The molecule has 0 radical (unpaired) electrons. The Hall–Kier alpha value is -1.59. The minimum atomic E-state index is -0.288. The van der Waals surface area contributed by atoms with Gasteiger partial charge in [0, 0.05) is 12.7 Å². The minimum absolute atomic E-state index is 0.140. The molecule has 1 aromatic carbocycles. The van der Waals surface area contributed by atoms with Crippen LogP contribution in [0.3, 0.4) is 0 Å². The monoisotopic (exact) mass is 374 g/mol. The average Bonchev–Trinajstić information content (AvgIpc) is 2.66. The van der Waals surface area contributed by atoms with Crippen LogP contribution in [0.5, 0.6) is 5.75 Å². The van der Waals surface area contributed by atoms with Crippen LogP contribution in [0, 0.1) is 17.8 Å². The predicted molar refractivity (Wildman–Crippen MR) is 101 cm³/mol. The topological polar surface area (TPSA) is 54.0 Å². The molecular formula is C22H30O5. The zero-order valence-corrected chi connectivity index (χ0v) is 16.4. The van der Waals surface area contributed by atoms with Crippen molar-refractivity contribution in [3.05, 3.63) is 29.3 Å². The second-order valence-corrected chi connectivity index (χ2v) is 8.56. The molecule has 0 aromatic heterocycles. The lowest BCUT2D eigenvalue weighted by Crippen LogP contribution is -2.48. The normalized spacial score (nSPS) is 31.1. The van der Waals surface area contributed by atoms with Crippen molar-refractivity contribution in [2.24, 2.45) is 17.8 Å². The first-order valence-corrected chi connectivity index (χ1v) is 10.1. The Bertz CT molecular complexity index is 648. The molecule has 4 fully saturated rings. The number of benzene rings is 1. The Kier molecular flexibility index (Phi) is 5.42. The van der Waals surface area contributed by atoms with E-state index in [9.17, 15) is 4.79 Å². The maximum Gasteiger partial charge on any atom is 0.337 e. The number of methoxy groups -OCH3 is 2. The molecule has 0 unspecified atom stereocenters. The van der Waals surface area contributed by atoms with Gasteiger partial charge in [0.2, 0.25) is 0 Å². The van der Waals surface area contributed by atoms with E-state index in [-0.39, 0.29) is 18.2 Å². The number of hydrogen-bond acceptors (Lipinski definition) is 5. The van der Waals surface area contributed by atoms with Crippen LogP contribution >= 0.6 is 0 Å². The molecule has 4 saturated carbocycles. The highest BCUT2D eigenvalue weighted by Gasteiger charge is 2.52. The predicted octanol–water partition coefficient (Wildman–Crippen LogP) is 3.94. The molecule has 5 heteroatoms. The Balaban J connectivity index is 1.61. The Morgan fingerprint density at radius 2 is 1.70 bits per heavy atom. The van der Waals surface area contributed by atoms with Gasteiger partial charge in [-0.05, 0) is 79.9 Å². The van der Waals surface area contributed by atoms with Crippen molar-refractivity contribution < 1.29 is 23.7 Å². The molecule has 4 bridgehead atoms. The molecule has 27 heavy (non-hydrogen) atoms. The van der Waals surface area contributed by atoms with Crippen LogP contribution < -0.4 is 4.74 Å². The van der Waals surface area contributed by atoms with Gasteiger partial charge < -0.3 is 18.9 Å². The summed E-state index contributed by atoms with van der Waals surface area (Å²) in [5.41, 5.74) is 1.93. The van der Waals surface area contributed by atoms with E-state index in [1.54, 1.807) is 13.2 Å². The van der Waals surface area contributed by atoms with Crippen LogP contribution in [0.25, 0.3) is 0 Å². The van der Waals surface area contributed by atoms with Crippen molar-refractivity contribution in [2.45, 2.75) is 43.9 Å². The van der Waals surface area contributed by atoms with Gasteiger partial charge in [-0.2, -0.15) is 0 Å². The van der Waals surface area contributed by atoms with E-state index in [2.05, 4.69) is 0 Å². The molecule has 0 spiro atoms. The van der Waals surface area contributed by atoms with Crippen molar-refractivity contribution in [2.75, 3.05) is 34.2 Å². The van der Waals surface area contributed by atoms with Gasteiger partial charge in [0.05, 0.1) is 25.9 Å². The molecule has 0 heterocycles. The van der Waals surface area contributed by atoms with E-state index in [0.29, 0.717) is 18.8 Å². The second-order valence-electron chi connectivity index (χ2n) is 8.56. The molecule has 5 rings (SSSR count). The lowest BCUT2D eigenvalue weighted by Gasteiger charge is -2.57. The summed E-state index contributed by atoms with van der Waals surface area (Å²) in [5, 5.41) is 0. The lowest BCUT2D eigenvalue weighted by atomic mass is 9.48. The summed E-state index contributed by atoms with van der Waals surface area (Å²) in [6, 6.07) is 5.73. The summed E-state index contributed by atoms with van der Waals surface area (Å²) in [6.07, 6.45) is 7.78. The highest BCUT2D eigenvalue weighted by molar-refractivity contribution is 5.89. The maximum atomic E-state index is 12.1. The van der Waals surface area contributed by atoms with Gasteiger partial charge in [0.25, 0.3) is 0 Å². The first-order chi connectivity index (χ1) is 13.1. The van der Waals surface area contributed by atoms with E-state index in [0.717, 1.165) is 23.5 Å². The van der Waals surface area contributed by atoms with Gasteiger partial charge in [0.1, 0.15) is 5.75 Å². The smallest absolute Gasteiger partial charge is 0.337 e. The number of hydrogen-bond donors (Lipinski definition) is 0. The number of carbonyl (C=O) groups excluding carboxylic acids is 1. The molecule has 0 atom stereocenters. The Labute approximate surface area is 161 Å². The van der Waals surface area contributed by atoms with Crippen molar-refractivity contribution >= 4 is 5.97 Å². The molecule has 4 aliphatic carbocycles. The van der Waals surface area contributed by atoms with Gasteiger partial charge in [0.15, 0.2) is 6.79 Å². The van der Waals surface area contributed by atoms with E-state index in [1.807, 2.05) is 12.1 Å². The first-order valence-electron chi connectivity index (χ1n) is 10.1. The van der Waals surface area contributed by atoms with Crippen molar-refractivity contribution in [3.8, 4) is 5.75 Å². The summed E-state index contributed by atoms with van der Waals surface area (Å²) in [6.45, 7) is 1.25. The minimum Gasteiger partial charge on any atom is -0.467 e. The molecule has 0 N–H and O–H groups in total. The fourth-order valence-electron chi connectivity index (χ4n) is 6.06. The number of esters is 1. The zero-order chi connectivity index (χ0) is 18.9. The maximum absolute atomic E-state index is 12.1. The van der Waals surface area contributed by atoms with Gasteiger partial charge in [-0.15, -0.1) is 0 Å². The summed E-state index contributed by atoms with van der Waals surface area (Å²) < 4.78 is 21.5. The first kappa shape index (κ1) is 18.8. The zero-order valence-electron chi connectivity index (χ0n) is 16.4. The lowest BCUT2D eigenvalue weighted by molar-refractivity contribution is -0.0189. The molecular weight excluding hydrogens is 344 g/mol. The standard InChI is InChI=1S/C22H30O5/c1-24-5-6-26-14-27-20-4-3-18(21(23)25-2)10-19(20)22-11-15-7-16(12-22)9-17(8-15)13-22/h3-4,10,15-17H,5-9,11-14H2,1-2H3. The fraction of sp³-hybridized carbons (Fsp3) is 0.682. The van der Waals surface area contributed by atoms with Crippen molar-refractivity contribution in [3.63, 3.8) is 0 Å². The van der Waals surface area contributed by atoms with Crippen LogP contribution in [0.2, 0.25) is 0 Å². The molecule has 1 aromatic rings. The highest BCUT2D eigenvalue weighted by atomic mass is 16.7. The highest BCUT2D eigenvalue weighted by Crippen LogP contribution is 2.61. The summed E-state index contributed by atoms with van der Waals surface area (Å²) in [4.78, 5) is 12.1. The second kappa shape index (κ2) is 7.80. The average molecular weight is 374 g/mol. The quantitative estimate of drug-likeness (QED) is 0.392. The fourth-order valence-corrected chi connectivity index (χ4v) is 6.06. The third kappa shape index (κ3) is 3.72. The van der Waals surface area contributed by atoms with Crippen LogP contribution in [-0.4, -0.2) is 40.2 Å². The third-order valence-electron chi connectivity index (χ3n) is 6.74. The van der Waals surface area contributed by atoms with Crippen LogP contribution in [-0.2, 0) is 19.6 Å². The van der Waals surface area contributed by atoms with Gasteiger partial charge in [-0.1, -0.05) is 0 Å². The number of ether oxygens (including phenoxy) is 4. The molecule has 0 amide bonds.